The summed E-state index contributed by atoms with van der Waals surface area (Å²) in [5, 5.41) is 13.6. The van der Waals surface area contributed by atoms with Gasteiger partial charge in [0.2, 0.25) is 5.91 Å². The first-order valence-electron chi connectivity index (χ1n) is 6.55. The van der Waals surface area contributed by atoms with Gasteiger partial charge >= 0.3 is 0 Å². The Labute approximate surface area is 123 Å². The molecule has 0 spiro atoms. The van der Waals surface area contributed by atoms with E-state index < -0.39 is 4.92 Å². The number of nitrogens with one attached hydrogen (secondary N) is 2. The summed E-state index contributed by atoms with van der Waals surface area (Å²) in [6.07, 6.45) is 0. The Morgan fingerprint density at radius 2 is 2.14 bits per heavy atom. The predicted molar refractivity (Wildman–Crippen MR) is 80.5 cm³/mol. The van der Waals surface area contributed by atoms with Crippen LogP contribution < -0.4 is 16.6 Å². The summed E-state index contributed by atoms with van der Waals surface area (Å²) in [6, 6.07) is 4.75. The van der Waals surface area contributed by atoms with Gasteiger partial charge in [-0.3, -0.25) is 25.7 Å². The van der Waals surface area contributed by atoms with Crippen molar-refractivity contribution in [2.24, 2.45) is 5.84 Å². The van der Waals surface area contributed by atoms with Crippen LogP contribution in [0.4, 0.5) is 11.4 Å². The van der Waals surface area contributed by atoms with E-state index in [2.05, 4.69) is 10.7 Å². The van der Waals surface area contributed by atoms with Crippen LogP contribution in [0, 0.1) is 10.1 Å². The number of likely N-dealkylation sites (N-methyl/N-ethyl adjacent to an activating group) is 1. The molecule has 1 aromatic rings. The van der Waals surface area contributed by atoms with Crippen molar-refractivity contribution in [1.29, 1.82) is 0 Å². The lowest BCUT2D eigenvalue weighted by atomic mass is 10.1. The van der Waals surface area contributed by atoms with Crippen LogP contribution >= 0.6 is 0 Å². The molecule has 0 aliphatic rings. The molecule has 1 rings (SSSR count). The van der Waals surface area contributed by atoms with E-state index >= 15 is 0 Å². The molecule has 8 nitrogen and oxygen atoms in total. The molecule has 0 aliphatic heterocycles. The van der Waals surface area contributed by atoms with E-state index in [4.69, 9.17) is 5.84 Å². The van der Waals surface area contributed by atoms with Crippen molar-refractivity contribution in [2.75, 3.05) is 19.0 Å². The van der Waals surface area contributed by atoms with Gasteiger partial charge in [-0.05, 0) is 32.5 Å². The Hall–Kier alpha value is -2.19. The molecular weight excluding hydrogens is 274 g/mol. The van der Waals surface area contributed by atoms with E-state index in [1.807, 2.05) is 18.7 Å². The number of nitrogens with zero attached hydrogens (tertiary/aromatic N) is 2. The summed E-state index contributed by atoms with van der Waals surface area (Å²) in [6.45, 7) is 4.53. The second-order valence-corrected chi connectivity index (χ2v) is 5.15. The predicted octanol–water partition coefficient (Wildman–Crippen LogP) is 0.837. The third kappa shape index (κ3) is 5.36. The Morgan fingerprint density at radius 1 is 1.48 bits per heavy atom. The molecule has 0 bridgehead atoms. The second-order valence-electron chi connectivity index (χ2n) is 5.15. The molecule has 0 radical (unpaired) electrons. The zero-order valence-corrected chi connectivity index (χ0v) is 12.4. The summed E-state index contributed by atoms with van der Waals surface area (Å²) in [7, 11) is 1.80. The van der Waals surface area contributed by atoms with Gasteiger partial charge in [0.1, 0.15) is 5.69 Å². The van der Waals surface area contributed by atoms with E-state index in [9.17, 15) is 14.9 Å². The summed E-state index contributed by atoms with van der Waals surface area (Å²) in [5.74, 6) is 5.23. The number of carbonyl (C=O) groups excluding carboxylic acids is 1. The highest BCUT2D eigenvalue weighted by Crippen LogP contribution is 2.24. The number of hydrogen-bond acceptors (Lipinski definition) is 6. The lowest BCUT2D eigenvalue weighted by Crippen LogP contribution is -2.38. The van der Waals surface area contributed by atoms with Crippen LogP contribution in [0.25, 0.3) is 0 Å². The molecule has 1 aromatic carbocycles. The monoisotopic (exact) mass is 295 g/mol. The summed E-state index contributed by atoms with van der Waals surface area (Å²) in [4.78, 5) is 23.8. The molecule has 21 heavy (non-hydrogen) atoms. The zero-order chi connectivity index (χ0) is 16.0. The molecule has 0 atom stereocenters. The van der Waals surface area contributed by atoms with Crippen molar-refractivity contribution in [2.45, 2.75) is 26.4 Å². The van der Waals surface area contributed by atoms with E-state index in [0.717, 1.165) is 5.56 Å². The van der Waals surface area contributed by atoms with Crippen LogP contribution in [0.15, 0.2) is 18.2 Å². The first-order valence-corrected chi connectivity index (χ1v) is 6.55. The highest BCUT2D eigenvalue weighted by molar-refractivity contribution is 5.78. The molecule has 0 aliphatic carbocycles. The minimum atomic E-state index is -0.501. The Morgan fingerprint density at radius 3 is 2.67 bits per heavy atom. The molecule has 4 N–H and O–H groups in total. The SMILES string of the molecule is CC(C)NC(=O)CN(C)Cc1ccc([N+](=O)[O-])c(NN)c1. The maximum Gasteiger partial charge on any atom is 0.293 e. The standard InChI is InChI=1S/C13H21N5O3/c1-9(2)15-13(19)8-17(3)7-10-4-5-12(18(20)21)11(6-10)16-14/h4-6,9,16H,7-8,14H2,1-3H3,(H,15,19). The number of amides is 1. The third-order valence-electron chi connectivity index (χ3n) is 2.73. The number of carbonyl (C=O) groups is 1. The van der Waals surface area contributed by atoms with Crippen molar-refractivity contribution in [1.82, 2.24) is 10.2 Å². The number of anilines is 1. The average molecular weight is 295 g/mol. The molecule has 0 saturated heterocycles. The Balaban J connectivity index is 2.70. The van der Waals surface area contributed by atoms with E-state index in [-0.39, 0.29) is 29.9 Å². The van der Waals surface area contributed by atoms with Crippen LogP contribution in [-0.4, -0.2) is 35.4 Å². The van der Waals surface area contributed by atoms with Crippen molar-refractivity contribution < 1.29 is 9.72 Å². The maximum atomic E-state index is 11.6. The lowest BCUT2D eigenvalue weighted by molar-refractivity contribution is -0.384. The quantitative estimate of drug-likeness (QED) is 0.390. The van der Waals surface area contributed by atoms with Gasteiger partial charge in [0.25, 0.3) is 5.69 Å². The molecular formula is C13H21N5O3. The Kier molecular flexibility index (Phi) is 6.07. The number of nitrogens with two attached hydrogens (primary N) is 1. The number of hydrogen-bond donors (Lipinski definition) is 3. The lowest BCUT2D eigenvalue weighted by Gasteiger charge is -2.18. The highest BCUT2D eigenvalue weighted by Gasteiger charge is 2.14. The topological polar surface area (TPSA) is 114 Å². The van der Waals surface area contributed by atoms with Crippen molar-refractivity contribution >= 4 is 17.3 Å². The molecule has 116 valence electrons. The van der Waals surface area contributed by atoms with Crippen LogP contribution in [0.3, 0.4) is 0 Å². The smallest absolute Gasteiger partial charge is 0.293 e. The van der Waals surface area contributed by atoms with Gasteiger partial charge in [-0.2, -0.15) is 0 Å². The fraction of sp³-hybridized carbons (Fsp3) is 0.462. The number of nitro benzene ring substituents is 1. The van der Waals surface area contributed by atoms with Crippen LogP contribution in [0.5, 0.6) is 0 Å². The van der Waals surface area contributed by atoms with Gasteiger partial charge in [0.05, 0.1) is 11.5 Å². The van der Waals surface area contributed by atoms with Crippen molar-refractivity contribution in [3.63, 3.8) is 0 Å². The number of nitro groups is 1. The molecule has 0 fully saturated rings. The van der Waals surface area contributed by atoms with Gasteiger partial charge < -0.3 is 10.7 Å². The van der Waals surface area contributed by atoms with Gasteiger partial charge in [0.15, 0.2) is 0 Å². The molecule has 1 amide bonds. The van der Waals surface area contributed by atoms with E-state index in [1.54, 1.807) is 19.2 Å². The average Bonchev–Trinajstić information content (AvgIpc) is 2.36. The number of benzene rings is 1. The number of hydrazine groups is 1. The zero-order valence-electron chi connectivity index (χ0n) is 12.4. The summed E-state index contributed by atoms with van der Waals surface area (Å²) < 4.78 is 0. The van der Waals surface area contributed by atoms with Crippen molar-refractivity contribution in [3.05, 3.63) is 33.9 Å². The maximum absolute atomic E-state index is 11.6. The molecule has 0 heterocycles. The minimum Gasteiger partial charge on any atom is -0.353 e. The minimum absolute atomic E-state index is 0.0633. The first kappa shape index (κ1) is 16.9. The summed E-state index contributed by atoms with van der Waals surface area (Å²) in [5.41, 5.74) is 3.31. The second kappa shape index (κ2) is 7.55. The Bertz CT molecular complexity index is 519. The van der Waals surface area contributed by atoms with Crippen molar-refractivity contribution in [3.8, 4) is 0 Å². The van der Waals surface area contributed by atoms with Gasteiger partial charge in [-0.15, -0.1) is 0 Å². The van der Waals surface area contributed by atoms with Gasteiger partial charge in [0, 0.05) is 18.7 Å². The molecule has 8 heteroatoms. The normalized spacial score (nSPS) is 10.8. The van der Waals surface area contributed by atoms with E-state index in [1.165, 1.54) is 6.07 Å². The highest BCUT2D eigenvalue weighted by atomic mass is 16.6. The third-order valence-corrected chi connectivity index (χ3v) is 2.73. The molecule has 0 unspecified atom stereocenters. The summed E-state index contributed by atoms with van der Waals surface area (Å²) >= 11 is 0. The number of nitrogen functional groups attached to an aromatic ring is 1. The van der Waals surface area contributed by atoms with Gasteiger partial charge in [-0.25, -0.2) is 0 Å². The van der Waals surface area contributed by atoms with Crippen LogP contribution in [-0.2, 0) is 11.3 Å². The largest absolute Gasteiger partial charge is 0.353 e. The molecule has 0 saturated carbocycles. The number of rotatable bonds is 7. The first-order chi connectivity index (χ1) is 9.83. The van der Waals surface area contributed by atoms with E-state index in [0.29, 0.717) is 6.54 Å². The fourth-order valence-corrected chi connectivity index (χ4v) is 1.94. The molecule has 0 aromatic heterocycles. The van der Waals surface area contributed by atoms with Crippen LogP contribution in [0.1, 0.15) is 19.4 Å². The van der Waals surface area contributed by atoms with Crippen LogP contribution in [0.2, 0.25) is 0 Å². The fourth-order valence-electron chi connectivity index (χ4n) is 1.94. The van der Waals surface area contributed by atoms with Gasteiger partial charge in [-0.1, -0.05) is 6.07 Å².